The van der Waals surface area contributed by atoms with Gasteiger partial charge >= 0.3 is 0 Å². The molecule has 0 amide bonds. The van der Waals surface area contributed by atoms with Crippen molar-refractivity contribution in [2.24, 2.45) is 0 Å². The van der Waals surface area contributed by atoms with E-state index in [0.717, 1.165) is 31.8 Å². The molecule has 0 bridgehead atoms. The lowest BCUT2D eigenvalue weighted by atomic mass is 9.98. The van der Waals surface area contributed by atoms with Gasteiger partial charge in [0.15, 0.2) is 0 Å². The summed E-state index contributed by atoms with van der Waals surface area (Å²) in [5.41, 5.74) is -0.249. The molecular weight excluding hydrogens is 234 g/mol. The maximum absolute atomic E-state index is 9.56. The molecule has 108 valence electrons. The molecule has 4 unspecified atom stereocenters. The summed E-state index contributed by atoms with van der Waals surface area (Å²) in [5.74, 6) is 0. The van der Waals surface area contributed by atoms with E-state index in [-0.39, 0.29) is 5.54 Å². The van der Waals surface area contributed by atoms with Crippen molar-refractivity contribution in [2.45, 2.75) is 89.4 Å². The second-order valence-corrected chi connectivity index (χ2v) is 6.45. The predicted octanol–water partition coefficient (Wildman–Crippen LogP) is 3.06. The summed E-state index contributed by atoms with van der Waals surface area (Å²) >= 11 is 0. The van der Waals surface area contributed by atoms with Crippen molar-refractivity contribution in [2.75, 3.05) is 6.54 Å². The number of likely N-dealkylation sites (tertiary alicyclic amines) is 1. The fourth-order valence-electron chi connectivity index (χ4n) is 4.10. The van der Waals surface area contributed by atoms with E-state index in [2.05, 4.69) is 37.1 Å². The van der Waals surface area contributed by atoms with Crippen LogP contribution in [0.2, 0.25) is 0 Å². The van der Waals surface area contributed by atoms with Gasteiger partial charge in [0, 0.05) is 18.1 Å². The van der Waals surface area contributed by atoms with Crippen molar-refractivity contribution in [3.8, 4) is 6.07 Å². The van der Waals surface area contributed by atoms with E-state index < -0.39 is 0 Å². The van der Waals surface area contributed by atoms with Crippen molar-refractivity contribution in [1.82, 2.24) is 10.2 Å². The molecule has 2 rings (SSSR count). The van der Waals surface area contributed by atoms with Crippen LogP contribution >= 0.6 is 0 Å². The summed E-state index contributed by atoms with van der Waals surface area (Å²) in [6.07, 6.45) is 8.25. The molecule has 0 aromatic carbocycles. The highest BCUT2D eigenvalue weighted by atomic mass is 15.2. The zero-order valence-electron chi connectivity index (χ0n) is 12.8. The molecule has 1 N–H and O–H groups in total. The number of nitrogens with one attached hydrogen (secondary N) is 1. The molecule has 4 atom stereocenters. The van der Waals surface area contributed by atoms with Crippen LogP contribution in [0.15, 0.2) is 0 Å². The van der Waals surface area contributed by atoms with Gasteiger partial charge in [0.25, 0.3) is 0 Å². The predicted molar refractivity (Wildman–Crippen MR) is 78.9 cm³/mol. The van der Waals surface area contributed by atoms with Gasteiger partial charge in [0.2, 0.25) is 0 Å². The Morgan fingerprint density at radius 2 is 2.11 bits per heavy atom. The second-order valence-electron chi connectivity index (χ2n) is 6.45. The van der Waals surface area contributed by atoms with Crippen molar-refractivity contribution in [3.63, 3.8) is 0 Å². The molecule has 1 saturated heterocycles. The van der Waals surface area contributed by atoms with E-state index in [1.807, 2.05) is 0 Å². The summed E-state index contributed by atoms with van der Waals surface area (Å²) in [6, 6.07) is 4.65. The Labute approximate surface area is 118 Å². The van der Waals surface area contributed by atoms with Gasteiger partial charge in [-0.15, -0.1) is 0 Å². The van der Waals surface area contributed by atoms with Crippen LogP contribution in [-0.2, 0) is 0 Å². The first kappa shape index (κ1) is 14.8. The molecule has 0 aromatic heterocycles. The van der Waals surface area contributed by atoms with Crippen LogP contribution in [0.5, 0.6) is 0 Å². The molecule has 2 fully saturated rings. The third-order valence-corrected chi connectivity index (χ3v) is 5.16. The summed E-state index contributed by atoms with van der Waals surface area (Å²) in [5, 5.41) is 13.1. The molecule has 0 aromatic rings. The van der Waals surface area contributed by atoms with E-state index in [9.17, 15) is 5.26 Å². The Bertz CT molecular complexity index is 335. The third kappa shape index (κ3) is 2.95. The second kappa shape index (κ2) is 6.24. The van der Waals surface area contributed by atoms with Crippen LogP contribution in [0.1, 0.15) is 65.7 Å². The number of nitrogens with zero attached hydrogens (tertiary/aromatic N) is 2. The summed E-state index contributed by atoms with van der Waals surface area (Å²) in [4.78, 5) is 2.73. The zero-order valence-corrected chi connectivity index (χ0v) is 12.8. The lowest BCUT2D eigenvalue weighted by Crippen LogP contribution is -2.46. The fraction of sp³-hybridized carbons (Fsp3) is 0.938. The minimum atomic E-state index is -0.249. The lowest BCUT2D eigenvalue weighted by Gasteiger charge is -2.34. The third-order valence-electron chi connectivity index (χ3n) is 5.16. The highest BCUT2D eigenvalue weighted by Crippen LogP contribution is 2.39. The lowest BCUT2D eigenvalue weighted by molar-refractivity contribution is 0.131. The Kier molecular flexibility index (Phi) is 4.86. The topological polar surface area (TPSA) is 39.1 Å². The smallest absolute Gasteiger partial charge is 0.108 e. The van der Waals surface area contributed by atoms with Gasteiger partial charge in [-0.2, -0.15) is 5.26 Å². The largest absolute Gasteiger partial charge is 0.299 e. The average Bonchev–Trinajstić information content (AvgIpc) is 3.00. The maximum Gasteiger partial charge on any atom is 0.108 e. The van der Waals surface area contributed by atoms with Crippen LogP contribution in [-0.4, -0.2) is 35.1 Å². The number of nitriles is 1. The van der Waals surface area contributed by atoms with Crippen LogP contribution in [0.4, 0.5) is 0 Å². The van der Waals surface area contributed by atoms with Crippen LogP contribution in [0.25, 0.3) is 0 Å². The first-order valence-corrected chi connectivity index (χ1v) is 8.09. The molecule has 1 aliphatic heterocycles. The summed E-state index contributed by atoms with van der Waals surface area (Å²) in [7, 11) is 0. The maximum atomic E-state index is 9.56. The van der Waals surface area contributed by atoms with Crippen LogP contribution in [0.3, 0.4) is 0 Å². The fourth-order valence-corrected chi connectivity index (χ4v) is 4.10. The number of hydrogen-bond donors (Lipinski definition) is 1. The Morgan fingerprint density at radius 1 is 1.32 bits per heavy atom. The van der Waals surface area contributed by atoms with Gasteiger partial charge in [-0.25, -0.2) is 0 Å². The molecule has 19 heavy (non-hydrogen) atoms. The standard InChI is InChI=1S/C16H29N3/c1-4-10-18-16(12-17)9-8-15(11-16)19-13(3)6-7-14(19)5-2/h13-15,18H,4-11H2,1-3H3. The first-order chi connectivity index (χ1) is 9.15. The summed E-state index contributed by atoms with van der Waals surface area (Å²) < 4.78 is 0. The summed E-state index contributed by atoms with van der Waals surface area (Å²) in [6.45, 7) is 7.80. The quantitative estimate of drug-likeness (QED) is 0.828. The minimum absolute atomic E-state index is 0.249. The molecule has 0 radical (unpaired) electrons. The van der Waals surface area contributed by atoms with Crippen molar-refractivity contribution >= 4 is 0 Å². The molecular formula is C16H29N3. The van der Waals surface area contributed by atoms with Crippen LogP contribution in [0, 0.1) is 11.3 Å². The number of rotatable bonds is 5. The van der Waals surface area contributed by atoms with Gasteiger partial charge in [-0.1, -0.05) is 13.8 Å². The molecule has 0 spiro atoms. The highest BCUT2D eigenvalue weighted by Gasteiger charge is 2.45. The minimum Gasteiger partial charge on any atom is -0.299 e. The number of hydrogen-bond acceptors (Lipinski definition) is 3. The van der Waals surface area contributed by atoms with E-state index in [1.54, 1.807) is 0 Å². The van der Waals surface area contributed by atoms with E-state index in [0.29, 0.717) is 12.1 Å². The van der Waals surface area contributed by atoms with Gasteiger partial charge < -0.3 is 0 Å². The van der Waals surface area contributed by atoms with Crippen molar-refractivity contribution in [1.29, 1.82) is 5.26 Å². The normalized spacial score (nSPS) is 39.6. The molecule has 1 heterocycles. The molecule has 1 aliphatic carbocycles. The molecule has 3 heteroatoms. The van der Waals surface area contributed by atoms with Crippen molar-refractivity contribution < 1.29 is 0 Å². The van der Waals surface area contributed by atoms with Gasteiger partial charge in [-0.05, 0) is 58.4 Å². The van der Waals surface area contributed by atoms with Gasteiger partial charge in [-0.3, -0.25) is 10.2 Å². The van der Waals surface area contributed by atoms with Crippen molar-refractivity contribution in [3.05, 3.63) is 0 Å². The molecule has 1 saturated carbocycles. The monoisotopic (exact) mass is 263 g/mol. The van der Waals surface area contributed by atoms with E-state index >= 15 is 0 Å². The Balaban J connectivity index is 2.02. The van der Waals surface area contributed by atoms with E-state index in [1.165, 1.54) is 25.7 Å². The average molecular weight is 263 g/mol. The molecule has 2 aliphatic rings. The van der Waals surface area contributed by atoms with Crippen LogP contribution < -0.4 is 5.32 Å². The van der Waals surface area contributed by atoms with Gasteiger partial charge in [0.1, 0.15) is 5.54 Å². The molecule has 3 nitrogen and oxygen atoms in total. The SMILES string of the molecule is CCCNC1(C#N)CCC(N2C(C)CCC2CC)C1. The van der Waals surface area contributed by atoms with E-state index in [4.69, 9.17) is 0 Å². The first-order valence-electron chi connectivity index (χ1n) is 8.09. The Hall–Kier alpha value is -0.590. The zero-order chi connectivity index (χ0) is 13.9. The highest BCUT2D eigenvalue weighted by molar-refractivity contribution is 5.14. The van der Waals surface area contributed by atoms with Gasteiger partial charge in [0.05, 0.1) is 6.07 Å². The Morgan fingerprint density at radius 3 is 2.74 bits per heavy atom.